The second kappa shape index (κ2) is 6.22. The molecule has 1 aromatic rings. The van der Waals surface area contributed by atoms with Crippen molar-refractivity contribution in [3.8, 4) is 0 Å². The smallest absolute Gasteiger partial charge is 0.241 e. The molecule has 0 aromatic heterocycles. The molecule has 0 spiro atoms. The largest absolute Gasteiger partial charge is 0.312 e. The maximum atomic E-state index is 12.5. The summed E-state index contributed by atoms with van der Waals surface area (Å²) in [6.07, 6.45) is 0.758. The van der Waals surface area contributed by atoms with E-state index < -0.39 is 10.0 Å². The zero-order chi connectivity index (χ0) is 14.8. The summed E-state index contributed by atoms with van der Waals surface area (Å²) < 4.78 is 27.9. The van der Waals surface area contributed by atoms with Crippen LogP contribution in [0.5, 0.6) is 0 Å². The van der Waals surface area contributed by atoms with E-state index in [1.54, 1.807) is 6.07 Å². The Balaban J connectivity index is 2.26. The van der Waals surface area contributed by atoms with Crippen LogP contribution in [0, 0.1) is 0 Å². The summed E-state index contributed by atoms with van der Waals surface area (Å²) in [6.45, 7) is 4.13. The fraction of sp³-hybridized carbons (Fsp3) is 0.571. The van der Waals surface area contributed by atoms with Crippen LogP contribution in [0.1, 0.15) is 18.1 Å². The minimum absolute atomic E-state index is 0.118. The lowest BCUT2D eigenvalue weighted by atomic mass is 10.0. The fourth-order valence-corrected chi connectivity index (χ4v) is 4.21. The van der Waals surface area contributed by atoms with E-state index in [4.69, 9.17) is 0 Å². The molecule has 0 aliphatic carbocycles. The van der Waals surface area contributed by atoms with Crippen LogP contribution in [0.15, 0.2) is 23.1 Å². The van der Waals surface area contributed by atoms with Gasteiger partial charge in [0.05, 0.1) is 4.90 Å². The molecule has 1 atom stereocenters. The molecular weight excluding hydrogens is 274 g/mol. The molecule has 0 fully saturated rings. The normalized spacial score (nSPS) is 17.0. The molecule has 1 unspecified atom stereocenters. The van der Waals surface area contributed by atoms with E-state index in [1.807, 2.05) is 38.1 Å². The Kier molecular flexibility index (Phi) is 4.80. The van der Waals surface area contributed by atoms with Gasteiger partial charge in [-0.2, -0.15) is 0 Å². The first-order valence-corrected chi connectivity index (χ1v) is 8.37. The van der Waals surface area contributed by atoms with E-state index in [-0.39, 0.29) is 6.04 Å². The third-order valence-electron chi connectivity index (χ3n) is 3.38. The van der Waals surface area contributed by atoms with Gasteiger partial charge in [-0.3, -0.25) is 0 Å². The molecule has 2 rings (SSSR count). The van der Waals surface area contributed by atoms with Gasteiger partial charge in [-0.25, -0.2) is 13.1 Å². The molecule has 1 aliphatic rings. The quantitative estimate of drug-likeness (QED) is 0.834. The van der Waals surface area contributed by atoms with Crippen molar-refractivity contribution in [3.63, 3.8) is 0 Å². The Morgan fingerprint density at radius 1 is 1.40 bits per heavy atom. The van der Waals surface area contributed by atoms with Crippen molar-refractivity contribution in [2.24, 2.45) is 0 Å². The summed E-state index contributed by atoms with van der Waals surface area (Å²) in [6, 6.07) is 5.39. The SMILES string of the molecule is CC(CN(C)C)NS(=O)(=O)c1cccc2c1CCNC2. The summed E-state index contributed by atoms with van der Waals surface area (Å²) in [4.78, 5) is 2.40. The van der Waals surface area contributed by atoms with Crippen molar-refractivity contribution in [2.75, 3.05) is 27.2 Å². The van der Waals surface area contributed by atoms with Crippen LogP contribution in [0.2, 0.25) is 0 Å². The molecule has 0 saturated heterocycles. The number of nitrogens with zero attached hydrogens (tertiary/aromatic N) is 1. The third-order valence-corrected chi connectivity index (χ3v) is 5.06. The number of hydrogen-bond donors (Lipinski definition) is 2. The number of benzene rings is 1. The number of hydrogen-bond acceptors (Lipinski definition) is 4. The second-order valence-electron chi connectivity index (χ2n) is 5.61. The van der Waals surface area contributed by atoms with Crippen LogP contribution in [0.4, 0.5) is 0 Å². The van der Waals surface area contributed by atoms with E-state index in [2.05, 4.69) is 10.0 Å². The predicted octanol–water partition coefficient (Wildman–Crippen LogP) is 0.561. The van der Waals surface area contributed by atoms with E-state index in [0.717, 1.165) is 30.6 Å². The summed E-state index contributed by atoms with van der Waals surface area (Å²) in [5, 5.41) is 3.26. The number of fused-ring (bicyclic) bond motifs is 1. The number of nitrogens with one attached hydrogen (secondary N) is 2. The van der Waals surface area contributed by atoms with Gasteiger partial charge < -0.3 is 10.2 Å². The molecule has 1 aliphatic heterocycles. The highest BCUT2D eigenvalue weighted by Gasteiger charge is 2.23. The maximum absolute atomic E-state index is 12.5. The Morgan fingerprint density at radius 3 is 2.85 bits per heavy atom. The number of rotatable bonds is 5. The first-order valence-electron chi connectivity index (χ1n) is 6.88. The highest BCUT2D eigenvalue weighted by Crippen LogP contribution is 2.22. The lowest BCUT2D eigenvalue weighted by Crippen LogP contribution is -2.40. The highest BCUT2D eigenvalue weighted by atomic mass is 32.2. The monoisotopic (exact) mass is 297 g/mol. The van der Waals surface area contributed by atoms with Crippen LogP contribution < -0.4 is 10.0 Å². The fourth-order valence-electron chi connectivity index (χ4n) is 2.66. The van der Waals surface area contributed by atoms with Crippen molar-refractivity contribution in [2.45, 2.75) is 30.8 Å². The van der Waals surface area contributed by atoms with Crippen molar-refractivity contribution in [3.05, 3.63) is 29.3 Å². The summed E-state index contributed by atoms with van der Waals surface area (Å²) in [5.41, 5.74) is 2.04. The zero-order valence-electron chi connectivity index (χ0n) is 12.3. The van der Waals surface area contributed by atoms with Gasteiger partial charge in [-0.05, 0) is 51.2 Å². The molecule has 20 heavy (non-hydrogen) atoms. The van der Waals surface area contributed by atoms with Crippen molar-refractivity contribution < 1.29 is 8.42 Å². The van der Waals surface area contributed by atoms with E-state index in [0.29, 0.717) is 11.4 Å². The molecular formula is C14H23N3O2S. The first-order chi connectivity index (χ1) is 9.40. The topological polar surface area (TPSA) is 61.4 Å². The average Bonchev–Trinajstić information content (AvgIpc) is 2.36. The molecule has 0 radical (unpaired) electrons. The van der Waals surface area contributed by atoms with Gasteiger partial charge in [0.1, 0.15) is 0 Å². The second-order valence-corrected chi connectivity index (χ2v) is 7.29. The van der Waals surface area contributed by atoms with Gasteiger partial charge in [-0.15, -0.1) is 0 Å². The summed E-state index contributed by atoms with van der Waals surface area (Å²) >= 11 is 0. The van der Waals surface area contributed by atoms with Gasteiger partial charge >= 0.3 is 0 Å². The lowest BCUT2D eigenvalue weighted by Gasteiger charge is -2.22. The number of sulfonamides is 1. The van der Waals surface area contributed by atoms with Gasteiger partial charge in [0.15, 0.2) is 0 Å². The molecule has 0 amide bonds. The Bertz CT molecular complexity index is 570. The average molecular weight is 297 g/mol. The minimum Gasteiger partial charge on any atom is -0.312 e. The lowest BCUT2D eigenvalue weighted by molar-refractivity contribution is 0.370. The molecule has 0 bridgehead atoms. The number of likely N-dealkylation sites (N-methyl/N-ethyl adjacent to an activating group) is 1. The minimum atomic E-state index is -3.45. The van der Waals surface area contributed by atoms with Crippen LogP contribution in [-0.2, 0) is 23.0 Å². The summed E-state index contributed by atoms with van der Waals surface area (Å²) in [5.74, 6) is 0. The molecule has 2 N–H and O–H groups in total. The van der Waals surface area contributed by atoms with E-state index in [9.17, 15) is 8.42 Å². The Morgan fingerprint density at radius 2 is 2.15 bits per heavy atom. The molecule has 6 heteroatoms. The zero-order valence-corrected chi connectivity index (χ0v) is 13.1. The first kappa shape index (κ1) is 15.4. The van der Waals surface area contributed by atoms with Crippen LogP contribution in [0.3, 0.4) is 0 Å². The van der Waals surface area contributed by atoms with E-state index >= 15 is 0 Å². The molecule has 0 saturated carbocycles. The molecule has 112 valence electrons. The van der Waals surface area contributed by atoms with Crippen LogP contribution in [-0.4, -0.2) is 46.5 Å². The predicted molar refractivity (Wildman–Crippen MR) is 80.2 cm³/mol. The third kappa shape index (κ3) is 3.58. The van der Waals surface area contributed by atoms with E-state index in [1.165, 1.54) is 0 Å². The van der Waals surface area contributed by atoms with Gasteiger partial charge in [0.25, 0.3) is 0 Å². The Labute approximate surface area is 121 Å². The Hall–Kier alpha value is -0.950. The van der Waals surface area contributed by atoms with Crippen molar-refractivity contribution in [1.82, 2.24) is 14.9 Å². The van der Waals surface area contributed by atoms with Crippen LogP contribution in [0.25, 0.3) is 0 Å². The molecule has 5 nitrogen and oxygen atoms in total. The van der Waals surface area contributed by atoms with Gasteiger partial charge in [-0.1, -0.05) is 12.1 Å². The van der Waals surface area contributed by atoms with Crippen LogP contribution >= 0.6 is 0 Å². The maximum Gasteiger partial charge on any atom is 0.241 e. The van der Waals surface area contributed by atoms with Gasteiger partial charge in [0.2, 0.25) is 10.0 Å². The van der Waals surface area contributed by atoms with Crippen molar-refractivity contribution >= 4 is 10.0 Å². The molecule has 1 aromatic carbocycles. The molecule has 1 heterocycles. The summed E-state index contributed by atoms with van der Waals surface area (Å²) in [7, 11) is 0.412. The van der Waals surface area contributed by atoms with Crippen molar-refractivity contribution in [1.29, 1.82) is 0 Å². The van der Waals surface area contributed by atoms with Gasteiger partial charge in [0, 0.05) is 19.1 Å². The standard InChI is InChI=1S/C14H23N3O2S/c1-11(10-17(2)3)16-20(18,19)14-6-4-5-12-9-15-8-7-13(12)14/h4-6,11,15-16H,7-10H2,1-3H3. The highest BCUT2D eigenvalue weighted by molar-refractivity contribution is 7.89.